The van der Waals surface area contributed by atoms with E-state index in [0.29, 0.717) is 28.6 Å². The second-order valence-electron chi connectivity index (χ2n) is 6.79. The number of aromatic nitrogens is 2. The molecule has 1 aliphatic rings. The third-order valence-corrected chi connectivity index (χ3v) is 5.88. The summed E-state index contributed by atoms with van der Waals surface area (Å²) in [6, 6.07) is 12.3. The molecule has 0 unspecified atom stereocenters. The molecule has 1 saturated heterocycles. The summed E-state index contributed by atoms with van der Waals surface area (Å²) in [6.45, 7) is 0.609. The van der Waals surface area contributed by atoms with E-state index in [2.05, 4.69) is 15.5 Å². The average Bonchev–Trinajstić information content (AvgIpc) is 3.44. The van der Waals surface area contributed by atoms with Gasteiger partial charge in [-0.05, 0) is 55.3 Å². The molecule has 9 heteroatoms. The van der Waals surface area contributed by atoms with Crippen LogP contribution in [-0.4, -0.2) is 40.6 Å². The fourth-order valence-corrected chi connectivity index (χ4v) is 4.25. The second kappa shape index (κ2) is 8.58. The van der Waals surface area contributed by atoms with Crippen LogP contribution in [0.2, 0.25) is 0 Å². The molecule has 0 aliphatic carbocycles. The van der Waals surface area contributed by atoms with Gasteiger partial charge < -0.3 is 15.0 Å². The zero-order chi connectivity index (χ0) is 21.1. The maximum Gasteiger partial charge on any atom is 0.286 e. The van der Waals surface area contributed by atoms with Gasteiger partial charge in [0.25, 0.3) is 11.8 Å². The highest BCUT2D eigenvalue weighted by Crippen LogP contribution is 2.35. The third kappa shape index (κ3) is 4.16. The summed E-state index contributed by atoms with van der Waals surface area (Å²) in [4.78, 5) is 27.2. The minimum absolute atomic E-state index is 0.107. The molecule has 30 heavy (non-hydrogen) atoms. The molecule has 3 aromatic rings. The van der Waals surface area contributed by atoms with Gasteiger partial charge in [-0.15, -0.1) is 10.2 Å². The van der Waals surface area contributed by atoms with E-state index in [0.717, 1.165) is 24.2 Å². The predicted octanol–water partition coefficient (Wildman–Crippen LogP) is 3.92. The summed E-state index contributed by atoms with van der Waals surface area (Å²) < 4.78 is 18.2. The molecule has 1 N–H and O–H groups in total. The van der Waals surface area contributed by atoms with Crippen LogP contribution in [0.15, 0.2) is 48.5 Å². The van der Waals surface area contributed by atoms with Crippen molar-refractivity contribution in [3.8, 4) is 5.75 Å². The first kappa shape index (κ1) is 20.0. The molecule has 2 aromatic carbocycles. The Kier molecular flexibility index (Phi) is 5.71. The fourth-order valence-electron chi connectivity index (χ4n) is 3.37. The topological polar surface area (TPSA) is 84.4 Å². The summed E-state index contributed by atoms with van der Waals surface area (Å²) >= 11 is 1.16. The van der Waals surface area contributed by atoms with Crippen LogP contribution in [0.25, 0.3) is 0 Å². The van der Waals surface area contributed by atoms with Crippen LogP contribution in [0.1, 0.15) is 44.1 Å². The van der Waals surface area contributed by atoms with Crippen molar-refractivity contribution in [2.45, 2.75) is 18.9 Å². The van der Waals surface area contributed by atoms with Gasteiger partial charge in [0.15, 0.2) is 0 Å². The summed E-state index contributed by atoms with van der Waals surface area (Å²) in [5.41, 5.74) is 1.01. The number of ether oxygens (including phenoxy) is 1. The third-order valence-electron chi connectivity index (χ3n) is 4.85. The lowest BCUT2D eigenvalue weighted by Gasteiger charge is -2.23. The largest absolute Gasteiger partial charge is 0.497 e. The van der Waals surface area contributed by atoms with Crippen LogP contribution in [0.3, 0.4) is 0 Å². The number of hydrogen-bond acceptors (Lipinski definition) is 6. The SMILES string of the molecule is COc1cccc(C(=O)N2CCC[C@H]2c2nnc(C(=O)Nc3ccc(F)cc3)s2)c1. The molecule has 1 aliphatic heterocycles. The number of methoxy groups -OCH3 is 1. The van der Waals surface area contributed by atoms with Crippen molar-refractivity contribution in [1.29, 1.82) is 0 Å². The van der Waals surface area contributed by atoms with Crippen molar-refractivity contribution in [1.82, 2.24) is 15.1 Å². The zero-order valence-corrected chi connectivity index (χ0v) is 17.0. The van der Waals surface area contributed by atoms with Gasteiger partial charge in [-0.3, -0.25) is 9.59 Å². The Balaban J connectivity index is 1.49. The van der Waals surface area contributed by atoms with E-state index in [1.54, 1.807) is 36.3 Å². The van der Waals surface area contributed by atoms with Crippen molar-refractivity contribution in [2.75, 3.05) is 19.0 Å². The number of carbonyl (C=O) groups excluding carboxylic acids is 2. The Labute approximate surface area is 176 Å². The Morgan fingerprint density at radius 2 is 2.00 bits per heavy atom. The minimum atomic E-state index is -0.422. The smallest absolute Gasteiger partial charge is 0.286 e. The van der Waals surface area contributed by atoms with Crippen molar-refractivity contribution < 1.29 is 18.7 Å². The molecule has 0 saturated carbocycles. The first-order valence-corrected chi connectivity index (χ1v) is 10.2. The molecule has 0 bridgehead atoms. The van der Waals surface area contributed by atoms with Crippen molar-refractivity contribution in [3.63, 3.8) is 0 Å². The van der Waals surface area contributed by atoms with E-state index in [9.17, 15) is 14.0 Å². The Bertz CT molecular complexity index is 1070. The van der Waals surface area contributed by atoms with Gasteiger partial charge in [-0.1, -0.05) is 17.4 Å². The monoisotopic (exact) mass is 426 g/mol. The van der Waals surface area contributed by atoms with E-state index in [1.165, 1.54) is 24.3 Å². The molecule has 4 rings (SSSR count). The highest BCUT2D eigenvalue weighted by atomic mass is 32.1. The van der Waals surface area contributed by atoms with Gasteiger partial charge in [-0.25, -0.2) is 4.39 Å². The molecule has 7 nitrogen and oxygen atoms in total. The molecular weight excluding hydrogens is 407 g/mol. The number of rotatable bonds is 5. The lowest BCUT2D eigenvalue weighted by atomic mass is 10.1. The quantitative estimate of drug-likeness (QED) is 0.669. The average molecular weight is 426 g/mol. The van der Waals surface area contributed by atoms with Gasteiger partial charge in [0, 0.05) is 17.8 Å². The number of anilines is 1. The molecule has 0 radical (unpaired) electrons. The highest BCUT2D eigenvalue weighted by molar-refractivity contribution is 7.13. The summed E-state index contributed by atoms with van der Waals surface area (Å²) in [6.07, 6.45) is 1.60. The zero-order valence-electron chi connectivity index (χ0n) is 16.2. The van der Waals surface area contributed by atoms with Crippen molar-refractivity contribution in [3.05, 3.63) is 69.9 Å². The Morgan fingerprint density at radius 3 is 2.77 bits per heavy atom. The van der Waals surface area contributed by atoms with E-state index >= 15 is 0 Å². The number of halogens is 1. The van der Waals surface area contributed by atoms with Crippen LogP contribution in [0.4, 0.5) is 10.1 Å². The van der Waals surface area contributed by atoms with Crippen LogP contribution in [0, 0.1) is 5.82 Å². The molecule has 2 amide bonds. The number of benzene rings is 2. The number of hydrogen-bond donors (Lipinski definition) is 1. The standard InChI is InChI=1S/C21H19FN4O3S/c1-29-16-5-2-4-13(12-16)21(28)26-11-3-6-17(26)19-24-25-20(30-19)18(27)23-15-9-7-14(22)8-10-15/h2,4-5,7-10,12,17H,3,6,11H2,1H3,(H,23,27)/t17-/m0/s1. The van der Waals surface area contributed by atoms with Gasteiger partial charge in [0.1, 0.15) is 16.6 Å². The maximum atomic E-state index is 13.0. The van der Waals surface area contributed by atoms with E-state index in [1.807, 2.05) is 0 Å². The van der Waals surface area contributed by atoms with Crippen LogP contribution < -0.4 is 10.1 Å². The van der Waals surface area contributed by atoms with E-state index in [-0.39, 0.29) is 22.8 Å². The van der Waals surface area contributed by atoms with Gasteiger partial charge in [-0.2, -0.15) is 0 Å². The number of carbonyl (C=O) groups is 2. The Morgan fingerprint density at radius 1 is 1.20 bits per heavy atom. The van der Waals surface area contributed by atoms with E-state index < -0.39 is 5.91 Å². The predicted molar refractivity (Wildman–Crippen MR) is 110 cm³/mol. The van der Waals surface area contributed by atoms with Gasteiger partial charge >= 0.3 is 0 Å². The first-order chi connectivity index (χ1) is 14.5. The molecule has 1 fully saturated rings. The summed E-state index contributed by atoms with van der Waals surface area (Å²) in [5, 5.41) is 11.6. The number of nitrogens with one attached hydrogen (secondary N) is 1. The molecule has 154 valence electrons. The van der Waals surface area contributed by atoms with Crippen molar-refractivity contribution in [2.24, 2.45) is 0 Å². The second-order valence-corrected chi connectivity index (χ2v) is 7.80. The van der Waals surface area contributed by atoms with Crippen molar-refractivity contribution >= 4 is 28.8 Å². The Hall–Kier alpha value is -3.33. The maximum absolute atomic E-state index is 13.0. The van der Waals surface area contributed by atoms with Crippen LogP contribution in [-0.2, 0) is 0 Å². The first-order valence-electron chi connectivity index (χ1n) is 9.40. The molecule has 2 heterocycles. The van der Waals surface area contributed by atoms with Gasteiger partial charge in [0.2, 0.25) is 5.01 Å². The fraction of sp³-hybridized carbons (Fsp3) is 0.238. The molecule has 0 spiro atoms. The van der Waals surface area contributed by atoms with E-state index in [4.69, 9.17) is 4.74 Å². The summed E-state index contributed by atoms with van der Waals surface area (Å²) in [5.74, 6) is -0.293. The number of amides is 2. The van der Waals surface area contributed by atoms with Gasteiger partial charge in [0.05, 0.1) is 13.2 Å². The molecular formula is C21H19FN4O3S. The molecule has 1 aromatic heterocycles. The number of nitrogens with zero attached hydrogens (tertiary/aromatic N) is 3. The lowest BCUT2D eigenvalue weighted by Crippen LogP contribution is -2.30. The minimum Gasteiger partial charge on any atom is -0.497 e. The number of likely N-dealkylation sites (tertiary alicyclic amines) is 1. The highest BCUT2D eigenvalue weighted by Gasteiger charge is 2.33. The normalized spacial score (nSPS) is 15.8. The van der Waals surface area contributed by atoms with Crippen LogP contribution >= 0.6 is 11.3 Å². The molecule has 1 atom stereocenters. The summed E-state index contributed by atoms with van der Waals surface area (Å²) in [7, 11) is 1.56. The lowest BCUT2D eigenvalue weighted by molar-refractivity contribution is 0.0734. The van der Waals surface area contributed by atoms with Crippen LogP contribution in [0.5, 0.6) is 5.75 Å².